The highest BCUT2D eigenvalue weighted by atomic mass is 32.2. The summed E-state index contributed by atoms with van der Waals surface area (Å²) in [6, 6.07) is 24.7. The van der Waals surface area contributed by atoms with Crippen LogP contribution in [0.3, 0.4) is 0 Å². The molecule has 0 aliphatic carbocycles. The predicted molar refractivity (Wildman–Crippen MR) is 113 cm³/mol. The van der Waals surface area contributed by atoms with Crippen LogP contribution < -0.4 is 0 Å². The van der Waals surface area contributed by atoms with Crippen molar-refractivity contribution in [3.05, 3.63) is 102 Å². The Morgan fingerprint density at radius 3 is 1.62 bits per heavy atom. The van der Waals surface area contributed by atoms with Gasteiger partial charge in [0.2, 0.25) is 10.0 Å². The van der Waals surface area contributed by atoms with Gasteiger partial charge in [-0.25, -0.2) is 8.42 Å². The summed E-state index contributed by atoms with van der Waals surface area (Å²) in [5.74, 6) is 0.0723. The smallest absolute Gasteiger partial charge is 0.244 e. The number of hydrogen-bond acceptors (Lipinski definition) is 3. The summed E-state index contributed by atoms with van der Waals surface area (Å²) >= 11 is 0. The molecule has 1 aliphatic heterocycles. The topological polar surface area (TPSA) is 54.5 Å². The first kappa shape index (κ1) is 19.6. The molecule has 0 amide bonds. The van der Waals surface area contributed by atoms with Gasteiger partial charge in [0.1, 0.15) is 5.78 Å². The van der Waals surface area contributed by atoms with E-state index < -0.39 is 22.1 Å². The largest absolute Gasteiger partial charge is 0.300 e. The van der Waals surface area contributed by atoms with E-state index in [0.29, 0.717) is 0 Å². The van der Waals surface area contributed by atoms with Crippen molar-refractivity contribution < 1.29 is 13.2 Å². The molecule has 3 aromatic carbocycles. The quantitative estimate of drug-likeness (QED) is 0.625. The van der Waals surface area contributed by atoms with Crippen molar-refractivity contribution in [1.82, 2.24) is 4.31 Å². The summed E-state index contributed by atoms with van der Waals surface area (Å²) in [7, 11) is -3.82. The number of hydrogen-bond donors (Lipinski definition) is 0. The molecule has 1 heterocycles. The van der Waals surface area contributed by atoms with Crippen LogP contribution in [0.5, 0.6) is 0 Å². The summed E-state index contributed by atoms with van der Waals surface area (Å²) in [4.78, 5) is 12.9. The maximum absolute atomic E-state index is 13.8. The van der Waals surface area contributed by atoms with Gasteiger partial charge in [0.25, 0.3) is 0 Å². The molecule has 0 N–H and O–H groups in total. The molecule has 0 aromatic heterocycles. The average Bonchev–Trinajstić information content (AvgIpc) is 2.74. The minimum atomic E-state index is -3.82. The van der Waals surface area contributed by atoms with Crippen molar-refractivity contribution in [3.63, 3.8) is 0 Å². The van der Waals surface area contributed by atoms with Crippen molar-refractivity contribution in [3.8, 4) is 0 Å². The zero-order valence-electron chi connectivity index (χ0n) is 16.2. The first-order valence-electron chi connectivity index (χ1n) is 9.68. The Labute approximate surface area is 171 Å². The number of carbonyl (C=O) groups excluding carboxylic acids is 1. The lowest BCUT2D eigenvalue weighted by molar-refractivity contribution is -0.123. The molecule has 4 nitrogen and oxygen atoms in total. The molecule has 0 radical (unpaired) electrons. The van der Waals surface area contributed by atoms with Gasteiger partial charge in [-0.3, -0.25) is 4.79 Å². The Bertz CT molecular complexity index is 1040. The summed E-state index contributed by atoms with van der Waals surface area (Å²) in [6.45, 7) is 1.93. The molecular weight excluding hydrogens is 382 g/mol. The Kier molecular flexibility index (Phi) is 5.35. The molecule has 1 saturated heterocycles. The molecule has 148 valence electrons. The van der Waals surface area contributed by atoms with Crippen molar-refractivity contribution in [2.45, 2.75) is 36.7 Å². The van der Waals surface area contributed by atoms with E-state index in [0.717, 1.165) is 16.7 Å². The number of rotatable bonds is 4. The zero-order valence-corrected chi connectivity index (χ0v) is 17.0. The monoisotopic (exact) mass is 405 g/mol. The fraction of sp³-hybridized carbons (Fsp3) is 0.208. The number of benzene rings is 3. The van der Waals surface area contributed by atoms with Crippen LogP contribution in [0.1, 0.15) is 41.6 Å². The number of nitrogens with zero attached hydrogens (tertiary/aromatic N) is 1. The number of carbonyl (C=O) groups is 1. The summed E-state index contributed by atoms with van der Waals surface area (Å²) < 4.78 is 29.1. The standard InChI is InChI=1S/C24H23NO3S/c1-18-12-14-22(15-13-18)29(27,28)25-23(19-8-4-2-5-9-19)16-21(26)17-24(25)20-10-6-3-7-11-20/h2-15,23-24H,16-17H2,1H3/t23-,24+. The van der Waals surface area contributed by atoms with Crippen molar-refractivity contribution in [2.24, 2.45) is 0 Å². The van der Waals surface area contributed by atoms with E-state index in [9.17, 15) is 13.2 Å². The van der Waals surface area contributed by atoms with Gasteiger partial charge < -0.3 is 0 Å². The van der Waals surface area contributed by atoms with Crippen molar-refractivity contribution in [2.75, 3.05) is 0 Å². The SMILES string of the molecule is Cc1ccc(S(=O)(=O)N2[C@@H](c3ccccc3)CC(=O)C[C@H]2c2ccccc2)cc1. The van der Waals surface area contributed by atoms with Crippen molar-refractivity contribution >= 4 is 15.8 Å². The van der Waals surface area contributed by atoms with Crippen molar-refractivity contribution in [1.29, 1.82) is 0 Å². The van der Waals surface area contributed by atoms with E-state index >= 15 is 0 Å². The van der Waals surface area contributed by atoms with Crippen LogP contribution in [0.4, 0.5) is 0 Å². The molecule has 0 saturated carbocycles. The third kappa shape index (κ3) is 3.88. The highest BCUT2D eigenvalue weighted by Crippen LogP contribution is 2.44. The zero-order chi connectivity index (χ0) is 20.4. The first-order valence-corrected chi connectivity index (χ1v) is 11.1. The third-order valence-corrected chi connectivity index (χ3v) is 7.35. The third-order valence-electron chi connectivity index (χ3n) is 5.42. The number of Topliss-reactive ketones (excluding diaryl/α,β-unsaturated/α-hetero) is 1. The molecule has 1 aliphatic rings. The van der Waals surface area contributed by atoms with Crippen LogP contribution in [0.15, 0.2) is 89.8 Å². The second kappa shape index (κ2) is 7.93. The number of ketones is 1. The maximum Gasteiger partial charge on any atom is 0.244 e. The summed E-state index contributed by atoms with van der Waals surface area (Å²) in [6.07, 6.45) is 0.358. The fourth-order valence-electron chi connectivity index (χ4n) is 3.96. The van der Waals surface area contributed by atoms with Crippen LogP contribution in [0.25, 0.3) is 0 Å². The molecule has 4 rings (SSSR count). The molecule has 0 spiro atoms. The van der Waals surface area contributed by atoms with Crippen LogP contribution in [-0.4, -0.2) is 18.5 Å². The fourth-order valence-corrected chi connectivity index (χ4v) is 5.74. The summed E-state index contributed by atoms with van der Waals surface area (Å²) in [5.41, 5.74) is 2.66. The Morgan fingerprint density at radius 1 is 0.724 bits per heavy atom. The van der Waals surface area contributed by atoms with E-state index in [1.807, 2.05) is 67.6 Å². The van der Waals surface area contributed by atoms with Crippen LogP contribution in [-0.2, 0) is 14.8 Å². The van der Waals surface area contributed by atoms with Crippen LogP contribution in [0, 0.1) is 6.92 Å². The van der Waals surface area contributed by atoms with Gasteiger partial charge in [-0.15, -0.1) is 0 Å². The highest BCUT2D eigenvalue weighted by Gasteiger charge is 2.43. The molecular formula is C24H23NO3S. The lowest BCUT2D eigenvalue weighted by Gasteiger charge is -2.40. The van der Waals surface area contributed by atoms with E-state index in [1.165, 1.54) is 0 Å². The summed E-state index contributed by atoms with van der Waals surface area (Å²) in [5, 5.41) is 0. The van der Waals surface area contributed by atoms with Gasteiger partial charge in [0.15, 0.2) is 0 Å². The Morgan fingerprint density at radius 2 is 1.17 bits per heavy atom. The molecule has 0 unspecified atom stereocenters. The van der Waals surface area contributed by atoms with E-state index in [4.69, 9.17) is 0 Å². The van der Waals surface area contributed by atoms with Crippen LogP contribution >= 0.6 is 0 Å². The normalized spacial score (nSPS) is 20.5. The van der Waals surface area contributed by atoms with E-state index in [1.54, 1.807) is 28.6 Å². The van der Waals surface area contributed by atoms with Gasteiger partial charge in [0, 0.05) is 12.8 Å². The Hall–Kier alpha value is -2.76. The van der Waals surface area contributed by atoms with Gasteiger partial charge in [-0.2, -0.15) is 4.31 Å². The minimum absolute atomic E-state index is 0.0723. The second-order valence-electron chi connectivity index (χ2n) is 7.45. The second-order valence-corrected chi connectivity index (χ2v) is 9.29. The van der Waals surface area contributed by atoms with Crippen LogP contribution in [0.2, 0.25) is 0 Å². The number of aryl methyl sites for hydroxylation is 1. The van der Waals surface area contributed by atoms with Gasteiger partial charge in [-0.1, -0.05) is 78.4 Å². The molecule has 2 atom stereocenters. The van der Waals surface area contributed by atoms with Gasteiger partial charge in [0.05, 0.1) is 17.0 Å². The number of piperidine rings is 1. The number of sulfonamides is 1. The van der Waals surface area contributed by atoms with Gasteiger partial charge in [-0.05, 0) is 30.2 Å². The molecule has 3 aromatic rings. The van der Waals surface area contributed by atoms with Gasteiger partial charge >= 0.3 is 0 Å². The lowest BCUT2D eigenvalue weighted by Crippen LogP contribution is -2.43. The highest BCUT2D eigenvalue weighted by molar-refractivity contribution is 7.89. The van der Waals surface area contributed by atoms with E-state index in [2.05, 4.69) is 0 Å². The predicted octanol–water partition coefficient (Wildman–Crippen LogP) is 4.83. The minimum Gasteiger partial charge on any atom is -0.300 e. The molecule has 29 heavy (non-hydrogen) atoms. The average molecular weight is 406 g/mol. The lowest BCUT2D eigenvalue weighted by atomic mass is 9.89. The molecule has 0 bridgehead atoms. The Balaban J connectivity index is 1.88. The molecule has 1 fully saturated rings. The van der Waals surface area contributed by atoms with E-state index in [-0.39, 0.29) is 23.5 Å². The molecule has 5 heteroatoms. The first-order chi connectivity index (χ1) is 14.0. The maximum atomic E-state index is 13.8.